The summed E-state index contributed by atoms with van der Waals surface area (Å²) in [6.45, 7) is 3.99. The minimum absolute atomic E-state index is 0.312. The Kier molecular flexibility index (Phi) is 3.25. The minimum Gasteiger partial charge on any atom is -0.461 e. The zero-order valence-corrected chi connectivity index (χ0v) is 10.9. The zero-order valence-electron chi connectivity index (χ0n) is 9.22. The monoisotopic (exact) mass is 260 g/mol. The third-order valence-electron chi connectivity index (χ3n) is 1.76. The summed E-state index contributed by atoms with van der Waals surface area (Å²) in [4.78, 5) is 4.15. The normalized spacial score (nSPS) is 17.6. The molecule has 1 aliphatic rings. The van der Waals surface area contributed by atoms with Gasteiger partial charge in [0.25, 0.3) is 5.19 Å². The van der Waals surface area contributed by atoms with Crippen LogP contribution in [0.15, 0.2) is 17.2 Å². The summed E-state index contributed by atoms with van der Waals surface area (Å²) in [6, 6.07) is 0. The Morgan fingerprint density at radius 3 is 2.94 bits per heavy atom. The first-order valence-electron chi connectivity index (χ1n) is 4.65. The number of hydrogen-bond donors (Lipinski definition) is 0. The molecule has 0 amide bonds. The Hall–Kier alpha value is -0.950. The van der Waals surface area contributed by atoms with Crippen LogP contribution in [0.1, 0.15) is 13.8 Å². The van der Waals surface area contributed by atoms with Gasteiger partial charge in [-0.05, 0) is 6.26 Å². The molecular weight excluding hydrogens is 248 g/mol. The average Bonchev–Trinajstić information content (AvgIpc) is 2.81. The van der Waals surface area contributed by atoms with Crippen molar-refractivity contribution < 1.29 is 14.2 Å². The van der Waals surface area contributed by atoms with E-state index in [1.165, 1.54) is 23.3 Å². The van der Waals surface area contributed by atoms with Gasteiger partial charge in [-0.25, -0.2) is 0 Å². The Labute approximate surface area is 102 Å². The first-order valence-corrected chi connectivity index (χ1v) is 6.65. The molecule has 0 fully saturated rings. The van der Waals surface area contributed by atoms with E-state index >= 15 is 0 Å². The second-order valence-electron chi connectivity index (χ2n) is 3.54. The van der Waals surface area contributed by atoms with E-state index < -0.39 is 5.79 Å². The number of nitrogens with zero attached hydrogens (tertiary/aromatic N) is 2. The highest BCUT2D eigenvalue weighted by Crippen LogP contribution is 2.25. The number of rotatable bonds is 4. The van der Waals surface area contributed by atoms with E-state index in [0.717, 1.165) is 5.16 Å². The van der Waals surface area contributed by atoms with Crippen LogP contribution in [-0.4, -0.2) is 28.0 Å². The molecule has 0 radical (unpaired) electrons. The van der Waals surface area contributed by atoms with E-state index in [9.17, 15) is 0 Å². The lowest BCUT2D eigenvalue weighted by molar-refractivity contribution is -0.119. The summed E-state index contributed by atoms with van der Waals surface area (Å²) in [5.41, 5.74) is 0. The van der Waals surface area contributed by atoms with Crippen LogP contribution >= 0.6 is 23.3 Å². The second kappa shape index (κ2) is 4.50. The summed E-state index contributed by atoms with van der Waals surface area (Å²) >= 11 is 2.71. The van der Waals surface area contributed by atoms with Gasteiger partial charge in [0, 0.05) is 25.4 Å². The van der Waals surface area contributed by atoms with E-state index in [2.05, 4.69) is 9.36 Å². The van der Waals surface area contributed by atoms with Crippen molar-refractivity contribution in [3.63, 3.8) is 0 Å². The summed E-state index contributed by atoms with van der Waals surface area (Å²) < 4.78 is 20.2. The Morgan fingerprint density at radius 1 is 1.56 bits per heavy atom. The second-order valence-corrected chi connectivity index (χ2v) is 5.03. The van der Waals surface area contributed by atoms with Crippen molar-refractivity contribution in [2.45, 2.75) is 24.8 Å². The Morgan fingerprint density at radius 2 is 2.38 bits per heavy atom. The fourth-order valence-corrected chi connectivity index (χ4v) is 2.18. The smallest absolute Gasteiger partial charge is 0.294 e. The highest BCUT2D eigenvalue weighted by Gasteiger charge is 2.27. The fraction of sp³-hybridized carbons (Fsp3) is 0.556. The van der Waals surface area contributed by atoms with Crippen LogP contribution in [-0.2, 0) is 9.47 Å². The van der Waals surface area contributed by atoms with Crippen LogP contribution < -0.4 is 4.74 Å². The van der Waals surface area contributed by atoms with Crippen LogP contribution in [0.5, 0.6) is 5.19 Å². The van der Waals surface area contributed by atoms with Gasteiger partial charge in [0.05, 0.1) is 0 Å². The molecule has 0 bridgehead atoms. The molecule has 0 N–H and O–H groups in total. The van der Waals surface area contributed by atoms with Crippen molar-refractivity contribution in [2.24, 2.45) is 0 Å². The van der Waals surface area contributed by atoms with Crippen molar-refractivity contribution in [3.8, 4) is 5.19 Å². The van der Waals surface area contributed by atoms with E-state index in [1.54, 1.807) is 6.26 Å². The van der Waals surface area contributed by atoms with Gasteiger partial charge < -0.3 is 14.2 Å². The lowest BCUT2D eigenvalue weighted by Gasteiger charge is -2.17. The average molecular weight is 260 g/mol. The highest BCUT2D eigenvalue weighted by molar-refractivity contribution is 7.98. The van der Waals surface area contributed by atoms with Crippen molar-refractivity contribution in [2.75, 3.05) is 12.9 Å². The van der Waals surface area contributed by atoms with Gasteiger partial charge in [0.1, 0.15) is 6.26 Å². The molecule has 0 unspecified atom stereocenters. The van der Waals surface area contributed by atoms with Gasteiger partial charge in [-0.2, -0.15) is 9.36 Å². The lowest BCUT2D eigenvalue weighted by Crippen LogP contribution is -2.21. The SMILES string of the molecule is CSc1nsc(OCC2=COC(C)(C)O2)n1. The molecule has 0 spiro atoms. The van der Waals surface area contributed by atoms with Gasteiger partial charge in [0.15, 0.2) is 12.4 Å². The summed E-state index contributed by atoms with van der Waals surface area (Å²) in [7, 11) is 0. The molecular formula is C9H12N2O3S2. The maximum atomic E-state index is 5.47. The summed E-state index contributed by atoms with van der Waals surface area (Å²) in [5, 5.41) is 1.26. The van der Waals surface area contributed by atoms with E-state index in [1.807, 2.05) is 20.1 Å². The first kappa shape index (κ1) is 11.5. The van der Waals surface area contributed by atoms with Crippen LogP contribution in [0, 0.1) is 0 Å². The molecule has 2 heterocycles. The van der Waals surface area contributed by atoms with Crippen molar-refractivity contribution in [3.05, 3.63) is 12.0 Å². The highest BCUT2D eigenvalue weighted by atomic mass is 32.2. The Balaban J connectivity index is 1.84. The predicted molar refractivity (Wildman–Crippen MR) is 61.5 cm³/mol. The molecule has 7 heteroatoms. The van der Waals surface area contributed by atoms with Crippen LogP contribution in [0.3, 0.4) is 0 Å². The van der Waals surface area contributed by atoms with Gasteiger partial charge in [0.2, 0.25) is 10.9 Å². The standard InChI is InChI=1S/C9H12N2O3S2/c1-9(2)13-5-6(14-9)4-12-8-10-7(15-3)11-16-8/h5H,4H2,1-3H3. The number of thioether (sulfide) groups is 1. The molecule has 0 aromatic carbocycles. The maximum absolute atomic E-state index is 5.47. The third-order valence-corrected chi connectivity index (χ3v) is 3.05. The Bertz CT molecular complexity index is 403. The topological polar surface area (TPSA) is 53.5 Å². The fourth-order valence-electron chi connectivity index (χ4n) is 1.11. The largest absolute Gasteiger partial charge is 0.461 e. The predicted octanol–water partition coefficient (Wildman–Crippen LogP) is 2.26. The van der Waals surface area contributed by atoms with E-state index in [4.69, 9.17) is 14.2 Å². The molecule has 0 saturated carbocycles. The van der Waals surface area contributed by atoms with Gasteiger partial charge in [-0.15, -0.1) is 0 Å². The van der Waals surface area contributed by atoms with E-state index in [0.29, 0.717) is 17.6 Å². The maximum Gasteiger partial charge on any atom is 0.294 e. The van der Waals surface area contributed by atoms with Gasteiger partial charge in [-0.1, -0.05) is 11.8 Å². The van der Waals surface area contributed by atoms with Crippen LogP contribution in [0.2, 0.25) is 0 Å². The molecule has 0 aliphatic carbocycles. The number of hydrogen-bond acceptors (Lipinski definition) is 7. The van der Waals surface area contributed by atoms with Gasteiger partial charge >= 0.3 is 0 Å². The molecule has 0 atom stereocenters. The molecule has 1 aliphatic heterocycles. The molecule has 5 nitrogen and oxygen atoms in total. The number of ether oxygens (including phenoxy) is 3. The molecule has 0 saturated heterocycles. The first-order chi connectivity index (χ1) is 7.59. The van der Waals surface area contributed by atoms with Crippen molar-refractivity contribution in [1.82, 2.24) is 9.36 Å². The molecule has 88 valence electrons. The molecule has 1 aromatic heterocycles. The van der Waals surface area contributed by atoms with Crippen LogP contribution in [0.4, 0.5) is 0 Å². The molecule has 2 rings (SSSR count). The zero-order chi connectivity index (χ0) is 11.6. The summed E-state index contributed by atoms with van der Waals surface area (Å²) in [6.07, 6.45) is 3.49. The molecule has 1 aromatic rings. The third kappa shape index (κ3) is 2.79. The quantitative estimate of drug-likeness (QED) is 0.774. The minimum atomic E-state index is -0.593. The van der Waals surface area contributed by atoms with E-state index in [-0.39, 0.29) is 0 Å². The number of aromatic nitrogens is 2. The van der Waals surface area contributed by atoms with Crippen molar-refractivity contribution >= 4 is 23.3 Å². The summed E-state index contributed by atoms with van der Waals surface area (Å²) in [5.74, 6) is 0.0652. The lowest BCUT2D eigenvalue weighted by atomic mass is 10.4. The van der Waals surface area contributed by atoms with Crippen molar-refractivity contribution in [1.29, 1.82) is 0 Å². The van der Waals surface area contributed by atoms with Crippen LogP contribution in [0.25, 0.3) is 0 Å². The molecule has 16 heavy (non-hydrogen) atoms. The van der Waals surface area contributed by atoms with Gasteiger partial charge in [-0.3, -0.25) is 0 Å².